The number of carboxylic acids is 1. The van der Waals surface area contributed by atoms with Gasteiger partial charge in [-0.05, 0) is 36.9 Å². The molecule has 0 unspecified atom stereocenters. The second-order valence-electron chi connectivity index (χ2n) is 5.22. The minimum atomic E-state index is -0.870. The number of rotatable bonds is 5. The molecule has 0 aliphatic carbocycles. The summed E-state index contributed by atoms with van der Waals surface area (Å²) in [7, 11) is 2.01. The Hall–Kier alpha value is -2.05. The van der Waals surface area contributed by atoms with Gasteiger partial charge in [-0.15, -0.1) is 11.3 Å². The summed E-state index contributed by atoms with van der Waals surface area (Å²) in [6.07, 6.45) is 0. The molecule has 1 aromatic heterocycles. The molecule has 0 fully saturated rings. The Kier molecular flexibility index (Phi) is 4.31. The first-order valence-corrected chi connectivity index (χ1v) is 7.82. The van der Waals surface area contributed by atoms with Crippen molar-refractivity contribution in [3.8, 4) is 11.5 Å². The molecule has 116 valence electrons. The van der Waals surface area contributed by atoms with Crippen LogP contribution in [-0.2, 0) is 13.1 Å². The first kappa shape index (κ1) is 14.9. The summed E-state index contributed by atoms with van der Waals surface area (Å²) in [5.41, 5.74) is 1.14. The Balaban J connectivity index is 1.63. The Morgan fingerprint density at radius 1 is 1.18 bits per heavy atom. The highest BCUT2D eigenvalue weighted by atomic mass is 32.1. The van der Waals surface area contributed by atoms with Crippen LogP contribution < -0.4 is 9.47 Å². The van der Waals surface area contributed by atoms with E-state index in [1.54, 1.807) is 6.07 Å². The third-order valence-corrected chi connectivity index (χ3v) is 4.42. The zero-order chi connectivity index (χ0) is 15.5. The highest BCUT2D eigenvalue weighted by Gasteiger charge is 2.13. The third-order valence-electron chi connectivity index (χ3n) is 3.36. The highest BCUT2D eigenvalue weighted by molar-refractivity contribution is 7.13. The summed E-state index contributed by atoms with van der Waals surface area (Å²) in [4.78, 5) is 14.5. The topological polar surface area (TPSA) is 59.0 Å². The van der Waals surface area contributed by atoms with Crippen molar-refractivity contribution < 1.29 is 19.4 Å². The average Bonchev–Trinajstić information content (AvgIpc) is 2.95. The molecule has 0 saturated heterocycles. The lowest BCUT2D eigenvalue weighted by molar-refractivity contribution is 0.0702. The standard InChI is InChI=1S/C16H17NO4S/c1-17(10-12-3-5-15(22-12)16(18)19)9-11-2-4-13-14(8-11)21-7-6-20-13/h2-5,8H,6-7,9-10H2,1H3,(H,18,19). The van der Waals surface area contributed by atoms with Gasteiger partial charge in [0, 0.05) is 18.0 Å². The van der Waals surface area contributed by atoms with Gasteiger partial charge in [-0.2, -0.15) is 0 Å². The van der Waals surface area contributed by atoms with E-state index in [0.717, 1.165) is 28.5 Å². The van der Waals surface area contributed by atoms with E-state index in [2.05, 4.69) is 4.90 Å². The van der Waals surface area contributed by atoms with Crippen molar-refractivity contribution in [3.05, 3.63) is 45.6 Å². The molecule has 0 bridgehead atoms. The number of hydrogen-bond donors (Lipinski definition) is 1. The fourth-order valence-electron chi connectivity index (χ4n) is 2.40. The largest absolute Gasteiger partial charge is 0.486 e. The number of thiophene rings is 1. The van der Waals surface area contributed by atoms with E-state index >= 15 is 0 Å². The number of aromatic carboxylic acids is 1. The fraction of sp³-hybridized carbons (Fsp3) is 0.312. The summed E-state index contributed by atoms with van der Waals surface area (Å²) in [6, 6.07) is 9.49. The maximum absolute atomic E-state index is 10.9. The first-order valence-electron chi connectivity index (χ1n) is 7.01. The molecule has 0 saturated carbocycles. The predicted octanol–water partition coefficient (Wildman–Crippen LogP) is 2.85. The number of ether oxygens (including phenoxy) is 2. The summed E-state index contributed by atoms with van der Waals surface area (Å²) < 4.78 is 11.1. The van der Waals surface area contributed by atoms with Crippen molar-refractivity contribution >= 4 is 17.3 Å². The van der Waals surface area contributed by atoms with E-state index in [-0.39, 0.29) is 0 Å². The number of carboxylic acid groups (broad SMARTS) is 1. The normalized spacial score (nSPS) is 13.4. The van der Waals surface area contributed by atoms with E-state index in [0.29, 0.717) is 24.6 Å². The van der Waals surface area contributed by atoms with Gasteiger partial charge >= 0.3 is 5.97 Å². The molecule has 0 spiro atoms. The first-order chi connectivity index (χ1) is 10.6. The van der Waals surface area contributed by atoms with Crippen LogP contribution in [0.5, 0.6) is 11.5 Å². The lowest BCUT2D eigenvalue weighted by Gasteiger charge is -2.20. The van der Waals surface area contributed by atoms with Crippen molar-refractivity contribution in [2.24, 2.45) is 0 Å². The van der Waals surface area contributed by atoms with Gasteiger partial charge in [-0.25, -0.2) is 4.79 Å². The molecule has 0 atom stereocenters. The maximum atomic E-state index is 10.9. The van der Waals surface area contributed by atoms with Crippen LogP contribution in [-0.4, -0.2) is 36.2 Å². The smallest absolute Gasteiger partial charge is 0.345 e. The fourth-order valence-corrected chi connectivity index (χ4v) is 3.32. The van der Waals surface area contributed by atoms with Crippen LogP contribution in [0.25, 0.3) is 0 Å². The monoisotopic (exact) mass is 319 g/mol. The van der Waals surface area contributed by atoms with E-state index in [1.165, 1.54) is 11.3 Å². The summed E-state index contributed by atoms with van der Waals surface area (Å²) in [5, 5.41) is 8.95. The molecule has 1 aromatic carbocycles. The minimum Gasteiger partial charge on any atom is -0.486 e. The summed E-state index contributed by atoms with van der Waals surface area (Å²) >= 11 is 1.32. The molecule has 0 radical (unpaired) electrons. The van der Waals surface area contributed by atoms with Crippen molar-refractivity contribution in [3.63, 3.8) is 0 Å². The van der Waals surface area contributed by atoms with Gasteiger partial charge in [0.15, 0.2) is 11.5 Å². The summed E-state index contributed by atoms with van der Waals surface area (Å²) in [6.45, 7) is 2.65. The van der Waals surface area contributed by atoms with Crippen molar-refractivity contribution in [2.45, 2.75) is 13.1 Å². The number of hydrogen-bond acceptors (Lipinski definition) is 5. The zero-order valence-corrected chi connectivity index (χ0v) is 13.1. The number of nitrogens with zero attached hydrogens (tertiary/aromatic N) is 1. The summed E-state index contributed by atoms with van der Waals surface area (Å²) in [5.74, 6) is 0.717. The Morgan fingerprint density at radius 3 is 2.68 bits per heavy atom. The zero-order valence-electron chi connectivity index (χ0n) is 12.2. The molecule has 2 heterocycles. The molecule has 1 aliphatic rings. The van der Waals surface area contributed by atoms with E-state index in [4.69, 9.17) is 14.6 Å². The predicted molar refractivity (Wildman–Crippen MR) is 83.9 cm³/mol. The molecular weight excluding hydrogens is 302 g/mol. The van der Waals surface area contributed by atoms with Gasteiger partial charge in [-0.1, -0.05) is 6.07 Å². The van der Waals surface area contributed by atoms with E-state index in [9.17, 15) is 4.79 Å². The molecule has 1 N–H and O–H groups in total. The quantitative estimate of drug-likeness (QED) is 0.918. The van der Waals surface area contributed by atoms with Crippen molar-refractivity contribution in [2.75, 3.05) is 20.3 Å². The van der Waals surface area contributed by atoms with Gasteiger partial charge < -0.3 is 14.6 Å². The SMILES string of the molecule is CN(Cc1ccc2c(c1)OCCO2)Cc1ccc(C(=O)O)s1. The molecule has 1 aliphatic heterocycles. The lowest BCUT2D eigenvalue weighted by Crippen LogP contribution is -2.18. The lowest BCUT2D eigenvalue weighted by atomic mass is 10.2. The third kappa shape index (κ3) is 3.40. The van der Waals surface area contributed by atoms with Crippen molar-refractivity contribution in [1.82, 2.24) is 4.90 Å². The maximum Gasteiger partial charge on any atom is 0.345 e. The van der Waals surface area contributed by atoms with Crippen LogP contribution in [0.4, 0.5) is 0 Å². The molecular formula is C16H17NO4S. The number of benzene rings is 1. The van der Waals surface area contributed by atoms with Crippen LogP contribution in [0, 0.1) is 0 Å². The van der Waals surface area contributed by atoms with Gasteiger partial charge in [-0.3, -0.25) is 4.90 Å². The van der Waals surface area contributed by atoms with Crippen LogP contribution in [0.2, 0.25) is 0 Å². The van der Waals surface area contributed by atoms with Crippen LogP contribution in [0.3, 0.4) is 0 Å². The molecule has 3 rings (SSSR count). The average molecular weight is 319 g/mol. The van der Waals surface area contributed by atoms with Gasteiger partial charge in [0.1, 0.15) is 18.1 Å². The number of carbonyl (C=O) groups is 1. The molecule has 5 nitrogen and oxygen atoms in total. The van der Waals surface area contributed by atoms with E-state index < -0.39 is 5.97 Å². The van der Waals surface area contributed by atoms with Crippen LogP contribution in [0.1, 0.15) is 20.1 Å². The second-order valence-corrected chi connectivity index (χ2v) is 6.39. The second kappa shape index (κ2) is 6.37. The van der Waals surface area contributed by atoms with E-state index in [1.807, 2.05) is 31.3 Å². The Labute approximate surface area is 132 Å². The molecule has 22 heavy (non-hydrogen) atoms. The highest BCUT2D eigenvalue weighted by Crippen LogP contribution is 2.31. The van der Waals surface area contributed by atoms with Crippen LogP contribution >= 0.6 is 11.3 Å². The molecule has 6 heteroatoms. The number of fused-ring (bicyclic) bond motifs is 1. The van der Waals surface area contributed by atoms with Crippen LogP contribution in [0.15, 0.2) is 30.3 Å². The Bertz CT molecular complexity index is 683. The van der Waals surface area contributed by atoms with Crippen molar-refractivity contribution in [1.29, 1.82) is 0 Å². The molecule has 0 amide bonds. The molecule has 2 aromatic rings. The van der Waals surface area contributed by atoms with Gasteiger partial charge in [0.05, 0.1) is 0 Å². The Morgan fingerprint density at radius 2 is 1.95 bits per heavy atom. The van der Waals surface area contributed by atoms with Gasteiger partial charge in [0.2, 0.25) is 0 Å². The minimum absolute atomic E-state index is 0.378. The van der Waals surface area contributed by atoms with Gasteiger partial charge in [0.25, 0.3) is 0 Å².